The van der Waals surface area contributed by atoms with E-state index in [1.165, 1.54) is 12.1 Å². The zero-order valence-electron chi connectivity index (χ0n) is 14.6. The van der Waals surface area contributed by atoms with Gasteiger partial charge in [-0.25, -0.2) is 9.37 Å². The van der Waals surface area contributed by atoms with Gasteiger partial charge in [0.15, 0.2) is 5.82 Å². The van der Waals surface area contributed by atoms with E-state index < -0.39 is 11.9 Å². The number of nitriles is 1. The number of nitrogens with one attached hydrogen (secondary N) is 1. The molecule has 0 bridgehead atoms. The van der Waals surface area contributed by atoms with Gasteiger partial charge in [0.25, 0.3) is 5.88 Å². The Morgan fingerprint density at radius 3 is 2.73 bits per heavy atom. The first-order valence-electron chi connectivity index (χ1n) is 8.01. The molecule has 0 unspecified atom stereocenters. The van der Waals surface area contributed by atoms with E-state index in [1.54, 1.807) is 13.8 Å². The van der Waals surface area contributed by atoms with Crippen LogP contribution >= 0.6 is 0 Å². The molecule has 132 valence electrons. The molecule has 0 amide bonds. The largest absolute Gasteiger partial charge is 0.466 e. The molecule has 0 aromatic carbocycles. The van der Waals surface area contributed by atoms with E-state index in [0.717, 1.165) is 11.8 Å². The molecule has 0 spiro atoms. The van der Waals surface area contributed by atoms with E-state index in [9.17, 15) is 9.65 Å². The number of ether oxygens (including phenoxy) is 1. The van der Waals surface area contributed by atoms with Crippen molar-refractivity contribution in [3.05, 3.63) is 52.9 Å². The first-order chi connectivity index (χ1) is 12.5. The Bertz CT molecular complexity index is 930. The molecular weight excluding hydrogens is 335 g/mol. The summed E-state index contributed by atoms with van der Waals surface area (Å²) in [6, 6.07) is 4.80. The van der Waals surface area contributed by atoms with Gasteiger partial charge < -0.3 is 10.1 Å². The molecule has 0 saturated carbocycles. The van der Waals surface area contributed by atoms with Crippen molar-refractivity contribution in [2.24, 2.45) is 4.99 Å². The van der Waals surface area contributed by atoms with Crippen LogP contribution in [0.5, 0.6) is 5.88 Å². The number of rotatable bonds is 4. The first-order valence-corrected chi connectivity index (χ1v) is 8.01. The van der Waals surface area contributed by atoms with Crippen LogP contribution in [-0.4, -0.2) is 27.3 Å². The minimum Gasteiger partial charge on any atom is -0.466 e. The third-order valence-electron chi connectivity index (χ3n) is 3.73. The zero-order chi connectivity index (χ0) is 18.7. The van der Waals surface area contributed by atoms with Crippen LogP contribution in [-0.2, 0) is 0 Å². The van der Waals surface area contributed by atoms with Crippen molar-refractivity contribution < 1.29 is 9.13 Å². The van der Waals surface area contributed by atoms with Crippen molar-refractivity contribution in [1.29, 1.82) is 5.26 Å². The third kappa shape index (κ3) is 3.83. The maximum atomic E-state index is 13.0. The number of hydrogen-bond donors (Lipinski definition) is 1. The topological polar surface area (TPSA) is 96.1 Å². The van der Waals surface area contributed by atoms with Gasteiger partial charge in [-0.3, -0.25) is 9.98 Å². The predicted molar refractivity (Wildman–Crippen MR) is 94.4 cm³/mol. The molecule has 1 N–H and O–H groups in total. The minimum atomic E-state index is -0.529. The van der Waals surface area contributed by atoms with Crippen LogP contribution in [0.4, 0.5) is 10.2 Å². The molecule has 2 aromatic heterocycles. The van der Waals surface area contributed by atoms with Crippen molar-refractivity contribution in [3.63, 3.8) is 0 Å². The van der Waals surface area contributed by atoms with Crippen molar-refractivity contribution >= 4 is 11.7 Å². The van der Waals surface area contributed by atoms with Crippen LogP contribution in [0.3, 0.4) is 0 Å². The average molecular weight is 352 g/mol. The highest BCUT2D eigenvalue weighted by Gasteiger charge is 2.18. The molecule has 2 aromatic rings. The average Bonchev–Trinajstić information content (AvgIpc) is 3.03. The molecule has 1 aliphatic heterocycles. The van der Waals surface area contributed by atoms with Crippen molar-refractivity contribution in [2.45, 2.75) is 26.9 Å². The summed E-state index contributed by atoms with van der Waals surface area (Å²) in [5, 5.41) is 12.4. The van der Waals surface area contributed by atoms with Crippen molar-refractivity contribution in [2.75, 3.05) is 11.9 Å². The highest BCUT2D eigenvalue weighted by Crippen LogP contribution is 2.24. The fourth-order valence-corrected chi connectivity index (χ4v) is 2.36. The lowest BCUT2D eigenvalue weighted by Crippen LogP contribution is -2.14. The number of amidine groups is 1. The maximum Gasteiger partial charge on any atom is 0.253 e. The van der Waals surface area contributed by atoms with Crippen LogP contribution in [0, 0.1) is 24.1 Å². The normalized spacial score (nSPS) is 14.3. The van der Waals surface area contributed by atoms with Gasteiger partial charge in [0.1, 0.15) is 23.8 Å². The molecule has 0 aliphatic carbocycles. The van der Waals surface area contributed by atoms with Crippen LogP contribution < -0.4 is 10.1 Å². The molecule has 0 fully saturated rings. The zero-order valence-corrected chi connectivity index (χ0v) is 14.6. The quantitative estimate of drug-likeness (QED) is 0.908. The Labute approximate surface area is 150 Å². The first kappa shape index (κ1) is 17.5. The van der Waals surface area contributed by atoms with Crippen LogP contribution in [0.25, 0.3) is 0 Å². The van der Waals surface area contributed by atoms with Gasteiger partial charge in [0.05, 0.1) is 24.1 Å². The Kier molecular flexibility index (Phi) is 4.89. The summed E-state index contributed by atoms with van der Waals surface area (Å²) >= 11 is 0. The number of pyridine rings is 1. The molecule has 3 heterocycles. The van der Waals surface area contributed by atoms with Gasteiger partial charge >= 0.3 is 0 Å². The molecule has 0 radical (unpaired) electrons. The Hall–Kier alpha value is -3.34. The second-order valence-corrected chi connectivity index (χ2v) is 5.90. The second-order valence-electron chi connectivity index (χ2n) is 5.90. The molecule has 0 saturated heterocycles. The fraction of sp³-hybridized carbons (Fsp3) is 0.278. The van der Waals surface area contributed by atoms with E-state index in [-0.39, 0.29) is 11.6 Å². The maximum absolute atomic E-state index is 13.0. The van der Waals surface area contributed by atoms with Gasteiger partial charge in [0.2, 0.25) is 5.69 Å². The monoisotopic (exact) mass is 352 g/mol. The SMILES string of the molecule is CC1=CC(Nc2nc(O[C@H](C)c3ccc(F)cn3)c(C#N)nc2C)=NC1. The number of hydrogen-bond acceptors (Lipinski definition) is 7. The van der Waals surface area contributed by atoms with Crippen molar-refractivity contribution in [1.82, 2.24) is 15.0 Å². The number of aliphatic imine (C=N–C) groups is 1. The van der Waals surface area contributed by atoms with Crippen LogP contribution in [0.15, 0.2) is 35.0 Å². The summed E-state index contributed by atoms with van der Waals surface area (Å²) in [4.78, 5) is 17.0. The van der Waals surface area contributed by atoms with E-state index in [4.69, 9.17) is 4.74 Å². The van der Waals surface area contributed by atoms with E-state index in [1.807, 2.05) is 19.1 Å². The minimum absolute atomic E-state index is 0.0714. The highest BCUT2D eigenvalue weighted by atomic mass is 19.1. The lowest BCUT2D eigenvalue weighted by molar-refractivity contribution is 0.211. The van der Waals surface area contributed by atoms with Crippen molar-refractivity contribution in [3.8, 4) is 11.9 Å². The summed E-state index contributed by atoms with van der Waals surface area (Å²) in [5.41, 5.74) is 2.29. The number of aryl methyl sites for hydroxylation is 1. The molecule has 1 aliphatic rings. The summed E-state index contributed by atoms with van der Waals surface area (Å²) in [6.07, 6.45) is 2.50. The lowest BCUT2D eigenvalue weighted by atomic mass is 10.2. The number of halogens is 1. The second kappa shape index (κ2) is 7.27. The molecule has 1 atom stereocenters. The highest BCUT2D eigenvalue weighted by molar-refractivity contribution is 6.05. The Morgan fingerprint density at radius 2 is 2.12 bits per heavy atom. The molecule has 3 rings (SSSR count). The van der Waals surface area contributed by atoms with E-state index >= 15 is 0 Å². The van der Waals surface area contributed by atoms with Crippen LogP contribution in [0.1, 0.15) is 37.0 Å². The van der Waals surface area contributed by atoms with E-state index in [0.29, 0.717) is 29.6 Å². The Balaban J connectivity index is 1.86. The van der Waals surface area contributed by atoms with Gasteiger partial charge in [-0.1, -0.05) is 0 Å². The molecule has 7 nitrogen and oxygen atoms in total. The van der Waals surface area contributed by atoms with Gasteiger partial charge in [-0.2, -0.15) is 10.2 Å². The molecule has 26 heavy (non-hydrogen) atoms. The Morgan fingerprint density at radius 1 is 1.31 bits per heavy atom. The van der Waals surface area contributed by atoms with Crippen LogP contribution in [0.2, 0.25) is 0 Å². The fourth-order valence-electron chi connectivity index (χ4n) is 2.36. The number of nitrogens with zero attached hydrogens (tertiary/aromatic N) is 5. The molecular formula is C18H17FN6O. The lowest BCUT2D eigenvalue weighted by Gasteiger charge is -2.16. The number of aromatic nitrogens is 3. The smallest absolute Gasteiger partial charge is 0.253 e. The van der Waals surface area contributed by atoms with Gasteiger partial charge in [0, 0.05) is 0 Å². The summed E-state index contributed by atoms with van der Waals surface area (Å²) in [7, 11) is 0. The number of anilines is 1. The van der Waals surface area contributed by atoms with Gasteiger partial charge in [-0.15, -0.1) is 0 Å². The summed E-state index contributed by atoms with van der Waals surface area (Å²) < 4.78 is 18.8. The summed E-state index contributed by atoms with van der Waals surface area (Å²) in [6.45, 7) is 6.11. The summed E-state index contributed by atoms with van der Waals surface area (Å²) in [5.74, 6) is 0.797. The predicted octanol–water partition coefficient (Wildman–Crippen LogP) is 3.10. The van der Waals surface area contributed by atoms with E-state index in [2.05, 4.69) is 25.3 Å². The third-order valence-corrected chi connectivity index (χ3v) is 3.73. The standard InChI is InChI=1S/C18H17FN6O/c1-10-6-16(22-8-10)24-17-11(2)23-15(7-20)18(25-17)26-12(3)14-5-4-13(19)9-21-14/h4-6,9,12H,8H2,1-3H3,(H,22,24,25)/t12-/m1/s1. The molecule has 8 heteroatoms. The van der Waals surface area contributed by atoms with Gasteiger partial charge in [-0.05, 0) is 44.6 Å².